The molecule has 0 fully saturated rings. The van der Waals surface area contributed by atoms with Gasteiger partial charge in [-0.05, 0) is 19.1 Å². The first kappa shape index (κ1) is 13.2. The van der Waals surface area contributed by atoms with Crippen molar-refractivity contribution in [2.45, 2.75) is 13.3 Å². The van der Waals surface area contributed by atoms with Crippen LogP contribution in [0.4, 0.5) is 5.13 Å². The van der Waals surface area contributed by atoms with Gasteiger partial charge in [-0.2, -0.15) is 0 Å². The van der Waals surface area contributed by atoms with E-state index in [0.29, 0.717) is 16.4 Å². The van der Waals surface area contributed by atoms with E-state index in [1.165, 1.54) is 11.3 Å². The standard InChI is InChI=1S/C13H13N3O2S/c1-8-2-4-9(5-3-8)12(18)16-13-15-10(7-19-13)6-11(14)17/h2-5,7H,6H2,1H3,(H2,14,17)(H,15,16,18). The van der Waals surface area contributed by atoms with Gasteiger partial charge in [-0.25, -0.2) is 4.98 Å². The Morgan fingerprint density at radius 1 is 1.32 bits per heavy atom. The second kappa shape index (κ2) is 5.62. The molecule has 0 atom stereocenters. The first-order chi connectivity index (χ1) is 9.04. The summed E-state index contributed by atoms with van der Waals surface area (Å²) in [6, 6.07) is 7.25. The number of thiazole rings is 1. The molecule has 0 aliphatic heterocycles. The van der Waals surface area contributed by atoms with E-state index in [4.69, 9.17) is 5.73 Å². The molecule has 0 bridgehead atoms. The number of nitrogens with two attached hydrogens (primary N) is 1. The third-order valence-electron chi connectivity index (χ3n) is 2.44. The zero-order valence-corrected chi connectivity index (χ0v) is 11.2. The van der Waals surface area contributed by atoms with Crippen LogP contribution in [0.1, 0.15) is 21.6 Å². The van der Waals surface area contributed by atoms with Gasteiger partial charge in [0, 0.05) is 10.9 Å². The van der Waals surface area contributed by atoms with Crippen LogP contribution in [0.3, 0.4) is 0 Å². The van der Waals surface area contributed by atoms with Gasteiger partial charge in [-0.15, -0.1) is 11.3 Å². The van der Waals surface area contributed by atoms with Crippen molar-refractivity contribution in [3.63, 3.8) is 0 Å². The highest BCUT2D eigenvalue weighted by molar-refractivity contribution is 7.14. The molecule has 0 unspecified atom stereocenters. The molecule has 19 heavy (non-hydrogen) atoms. The number of aromatic nitrogens is 1. The number of rotatable bonds is 4. The fraction of sp³-hybridized carbons (Fsp3) is 0.154. The van der Waals surface area contributed by atoms with Gasteiger partial charge in [-0.1, -0.05) is 17.7 Å². The Kier molecular flexibility index (Phi) is 3.91. The van der Waals surface area contributed by atoms with Crippen molar-refractivity contribution >= 4 is 28.3 Å². The maximum absolute atomic E-state index is 11.9. The van der Waals surface area contributed by atoms with Crippen LogP contribution in [0.25, 0.3) is 0 Å². The predicted octanol–water partition coefficient (Wildman–Crippen LogP) is 1.73. The number of nitrogens with zero attached hydrogens (tertiary/aromatic N) is 1. The van der Waals surface area contributed by atoms with E-state index in [1.54, 1.807) is 17.5 Å². The Hall–Kier alpha value is -2.21. The molecule has 0 aliphatic carbocycles. The van der Waals surface area contributed by atoms with Crippen molar-refractivity contribution in [3.05, 3.63) is 46.5 Å². The van der Waals surface area contributed by atoms with Gasteiger partial charge >= 0.3 is 0 Å². The molecule has 0 spiro atoms. The van der Waals surface area contributed by atoms with E-state index < -0.39 is 5.91 Å². The molecule has 6 heteroatoms. The van der Waals surface area contributed by atoms with Crippen LogP contribution in [-0.4, -0.2) is 16.8 Å². The predicted molar refractivity (Wildman–Crippen MR) is 74.1 cm³/mol. The minimum atomic E-state index is -0.443. The second-order valence-electron chi connectivity index (χ2n) is 4.11. The van der Waals surface area contributed by atoms with E-state index in [9.17, 15) is 9.59 Å². The van der Waals surface area contributed by atoms with Crippen molar-refractivity contribution in [1.82, 2.24) is 4.98 Å². The number of hydrogen-bond acceptors (Lipinski definition) is 4. The van der Waals surface area contributed by atoms with Crippen LogP contribution in [0.15, 0.2) is 29.6 Å². The Bertz CT molecular complexity index is 605. The van der Waals surface area contributed by atoms with E-state index in [-0.39, 0.29) is 12.3 Å². The molecular formula is C13H13N3O2S. The molecular weight excluding hydrogens is 262 g/mol. The van der Waals surface area contributed by atoms with Crippen LogP contribution in [-0.2, 0) is 11.2 Å². The van der Waals surface area contributed by atoms with Gasteiger partial charge < -0.3 is 5.73 Å². The largest absolute Gasteiger partial charge is 0.369 e. The number of nitrogens with one attached hydrogen (secondary N) is 1. The SMILES string of the molecule is Cc1ccc(C(=O)Nc2nc(CC(N)=O)cs2)cc1. The number of aryl methyl sites for hydroxylation is 1. The summed E-state index contributed by atoms with van der Waals surface area (Å²) in [7, 11) is 0. The lowest BCUT2D eigenvalue weighted by Gasteiger charge is -2.01. The molecule has 0 aliphatic rings. The van der Waals surface area contributed by atoms with Crippen LogP contribution in [0.5, 0.6) is 0 Å². The lowest BCUT2D eigenvalue weighted by Crippen LogP contribution is -2.14. The topological polar surface area (TPSA) is 85.1 Å². The number of primary amides is 1. The highest BCUT2D eigenvalue weighted by Gasteiger charge is 2.09. The number of carbonyl (C=O) groups excluding carboxylic acids is 2. The van der Waals surface area contributed by atoms with E-state index in [2.05, 4.69) is 10.3 Å². The summed E-state index contributed by atoms with van der Waals surface area (Å²) in [5.41, 5.74) is 7.30. The normalized spacial score (nSPS) is 10.2. The van der Waals surface area contributed by atoms with Crippen LogP contribution in [0, 0.1) is 6.92 Å². The quantitative estimate of drug-likeness (QED) is 0.891. The summed E-state index contributed by atoms with van der Waals surface area (Å²) in [5.74, 6) is -0.665. The highest BCUT2D eigenvalue weighted by Crippen LogP contribution is 2.17. The third kappa shape index (κ3) is 3.62. The average Bonchev–Trinajstić information content (AvgIpc) is 2.76. The minimum Gasteiger partial charge on any atom is -0.369 e. The van der Waals surface area contributed by atoms with Gasteiger partial charge in [0.1, 0.15) is 0 Å². The van der Waals surface area contributed by atoms with Gasteiger partial charge in [0.2, 0.25) is 5.91 Å². The number of anilines is 1. The maximum atomic E-state index is 11.9. The van der Waals surface area contributed by atoms with Gasteiger partial charge in [0.25, 0.3) is 5.91 Å². The number of amides is 2. The van der Waals surface area contributed by atoms with E-state index >= 15 is 0 Å². The maximum Gasteiger partial charge on any atom is 0.257 e. The van der Waals surface area contributed by atoms with Crippen LogP contribution in [0.2, 0.25) is 0 Å². The zero-order chi connectivity index (χ0) is 13.8. The van der Waals surface area contributed by atoms with Crippen molar-refractivity contribution in [2.24, 2.45) is 5.73 Å². The summed E-state index contributed by atoms with van der Waals surface area (Å²) in [6.07, 6.45) is 0.0803. The fourth-order valence-corrected chi connectivity index (χ4v) is 2.20. The molecule has 0 saturated heterocycles. The van der Waals surface area contributed by atoms with E-state index in [1.807, 2.05) is 19.1 Å². The molecule has 0 radical (unpaired) electrons. The summed E-state index contributed by atoms with van der Waals surface area (Å²) in [5, 5.41) is 4.85. The third-order valence-corrected chi connectivity index (χ3v) is 3.25. The molecule has 3 N–H and O–H groups in total. The summed E-state index contributed by atoms with van der Waals surface area (Å²) >= 11 is 1.27. The summed E-state index contributed by atoms with van der Waals surface area (Å²) in [4.78, 5) is 26.8. The first-order valence-corrected chi connectivity index (χ1v) is 6.53. The number of hydrogen-bond donors (Lipinski definition) is 2. The van der Waals surface area contributed by atoms with Crippen LogP contribution >= 0.6 is 11.3 Å². The highest BCUT2D eigenvalue weighted by atomic mass is 32.1. The average molecular weight is 275 g/mol. The minimum absolute atomic E-state index is 0.0803. The molecule has 1 heterocycles. The number of benzene rings is 1. The Labute approximate surface area is 114 Å². The molecule has 2 aromatic rings. The Morgan fingerprint density at radius 2 is 2.00 bits per heavy atom. The monoisotopic (exact) mass is 275 g/mol. The van der Waals surface area contributed by atoms with Crippen molar-refractivity contribution in [1.29, 1.82) is 0 Å². The van der Waals surface area contributed by atoms with Gasteiger partial charge in [0.05, 0.1) is 12.1 Å². The zero-order valence-electron chi connectivity index (χ0n) is 10.3. The molecule has 1 aromatic carbocycles. The fourth-order valence-electron chi connectivity index (χ4n) is 1.50. The Balaban J connectivity index is 2.04. The van der Waals surface area contributed by atoms with Gasteiger partial charge in [0.15, 0.2) is 5.13 Å². The molecule has 5 nitrogen and oxygen atoms in total. The summed E-state index contributed by atoms with van der Waals surface area (Å²) < 4.78 is 0. The smallest absolute Gasteiger partial charge is 0.257 e. The lowest BCUT2D eigenvalue weighted by atomic mass is 10.1. The van der Waals surface area contributed by atoms with Crippen molar-refractivity contribution in [3.8, 4) is 0 Å². The summed E-state index contributed by atoms with van der Waals surface area (Å²) in [6.45, 7) is 1.96. The number of carbonyl (C=O) groups is 2. The Morgan fingerprint density at radius 3 is 2.63 bits per heavy atom. The molecule has 0 saturated carbocycles. The molecule has 2 amide bonds. The molecule has 98 valence electrons. The van der Waals surface area contributed by atoms with Crippen molar-refractivity contribution in [2.75, 3.05) is 5.32 Å². The molecule has 2 rings (SSSR count). The lowest BCUT2D eigenvalue weighted by molar-refractivity contribution is -0.117. The second-order valence-corrected chi connectivity index (χ2v) is 4.97. The van der Waals surface area contributed by atoms with Crippen molar-refractivity contribution < 1.29 is 9.59 Å². The molecule has 1 aromatic heterocycles. The van der Waals surface area contributed by atoms with Gasteiger partial charge in [-0.3, -0.25) is 14.9 Å². The van der Waals surface area contributed by atoms with E-state index in [0.717, 1.165) is 5.56 Å². The van der Waals surface area contributed by atoms with Crippen LogP contribution < -0.4 is 11.1 Å². The first-order valence-electron chi connectivity index (χ1n) is 5.65.